The predicted molar refractivity (Wildman–Crippen MR) is 67.3 cm³/mol. The Labute approximate surface area is 103 Å². The highest BCUT2D eigenvalue weighted by Crippen LogP contribution is 2.00. The van der Waals surface area contributed by atoms with E-state index in [-0.39, 0.29) is 18.6 Å². The monoisotopic (exact) mass is 244 g/mol. The lowest BCUT2D eigenvalue weighted by molar-refractivity contribution is -0.127. The number of carbonyl (C=O) groups is 1. The first-order valence-electron chi connectivity index (χ1n) is 6.06. The third-order valence-electron chi connectivity index (χ3n) is 2.20. The summed E-state index contributed by atoms with van der Waals surface area (Å²) in [5, 5.41) is 10.1. The fourth-order valence-corrected chi connectivity index (χ4v) is 1.21. The van der Waals surface area contributed by atoms with Crippen molar-refractivity contribution >= 4 is 11.8 Å². The zero-order valence-corrected chi connectivity index (χ0v) is 11.0. The van der Waals surface area contributed by atoms with Crippen LogP contribution >= 0.6 is 0 Å². The van der Waals surface area contributed by atoms with Crippen LogP contribution in [0.15, 0.2) is 0 Å². The fourth-order valence-electron chi connectivity index (χ4n) is 1.21. The third kappa shape index (κ3) is 11.2. The van der Waals surface area contributed by atoms with Gasteiger partial charge in [-0.3, -0.25) is 10.2 Å². The van der Waals surface area contributed by atoms with Crippen molar-refractivity contribution < 1.29 is 14.3 Å². The second kappa shape index (κ2) is 10.1. The topological polar surface area (TPSA) is 71.4 Å². The lowest BCUT2D eigenvalue weighted by Crippen LogP contribution is -2.29. The Morgan fingerprint density at radius 2 is 2.00 bits per heavy atom. The Bertz CT molecular complexity index is 230. The molecule has 17 heavy (non-hydrogen) atoms. The smallest absolute Gasteiger partial charge is 0.246 e. The maximum atomic E-state index is 11.2. The van der Waals surface area contributed by atoms with Crippen LogP contribution in [0.4, 0.5) is 0 Å². The van der Waals surface area contributed by atoms with Crippen molar-refractivity contribution in [3.05, 3.63) is 0 Å². The van der Waals surface area contributed by atoms with Gasteiger partial charge < -0.3 is 14.8 Å². The van der Waals surface area contributed by atoms with E-state index >= 15 is 0 Å². The summed E-state index contributed by atoms with van der Waals surface area (Å²) in [6, 6.07) is 0. The maximum absolute atomic E-state index is 11.2. The lowest BCUT2D eigenvalue weighted by atomic mass is 10.2. The zero-order chi connectivity index (χ0) is 13.1. The maximum Gasteiger partial charge on any atom is 0.246 e. The minimum absolute atomic E-state index is 0.0664. The van der Waals surface area contributed by atoms with Crippen molar-refractivity contribution in [2.75, 3.05) is 20.3 Å². The van der Waals surface area contributed by atoms with Gasteiger partial charge >= 0.3 is 0 Å². The van der Waals surface area contributed by atoms with Crippen LogP contribution in [0.3, 0.4) is 0 Å². The first kappa shape index (κ1) is 15.9. The predicted octanol–water partition coefficient (Wildman–Crippen LogP) is 1.71. The number of rotatable bonds is 9. The van der Waals surface area contributed by atoms with Crippen molar-refractivity contribution in [1.82, 2.24) is 5.32 Å². The van der Waals surface area contributed by atoms with Crippen molar-refractivity contribution in [3.8, 4) is 0 Å². The standard InChI is InChI=1S/C12H24N2O3/c1-10(2)17-9-12(15)14-8-6-4-5-7-11(13)16-3/h10,13H,4-9H2,1-3H3,(H,14,15). The average Bonchev–Trinajstić information content (AvgIpc) is 2.30. The molecule has 5 nitrogen and oxygen atoms in total. The molecule has 0 unspecified atom stereocenters. The Balaban J connectivity index is 3.27. The van der Waals surface area contributed by atoms with Crippen molar-refractivity contribution in [2.24, 2.45) is 0 Å². The summed E-state index contributed by atoms with van der Waals surface area (Å²) >= 11 is 0. The Morgan fingerprint density at radius 1 is 1.29 bits per heavy atom. The minimum atomic E-state index is -0.0664. The van der Waals surface area contributed by atoms with Gasteiger partial charge in [-0.1, -0.05) is 6.42 Å². The molecule has 0 rings (SSSR count). The highest BCUT2D eigenvalue weighted by atomic mass is 16.5. The van der Waals surface area contributed by atoms with E-state index in [1.807, 2.05) is 13.8 Å². The molecule has 0 atom stereocenters. The number of carbonyl (C=O) groups excluding carboxylic acids is 1. The van der Waals surface area contributed by atoms with E-state index in [0.717, 1.165) is 19.3 Å². The second-order valence-electron chi connectivity index (χ2n) is 4.15. The summed E-state index contributed by atoms with van der Waals surface area (Å²) in [6.45, 7) is 4.60. The summed E-state index contributed by atoms with van der Waals surface area (Å²) in [5.74, 6) is 0.253. The van der Waals surface area contributed by atoms with E-state index in [9.17, 15) is 4.79 Å². The zero-order valence-electron chi connectivity index (χ0n) is 11.0. The van der Waals surface area contributed by atoms with E-state index in [2.05, 4.69) is 5.32 Å². The number of amides is 1. The molecule has 0 saturated heterocycles. The van der Waals surface area contributed by atoms with Crippen molar-refractivity contribution in [2.45, 2.75) is 45.6 Å². The lowest BCUT2D eigenvalue weighted by Gasteiger charge is -2.08. The van der Waals surface area contributed by atoms with Crippen LogP contribution in [0, 0.1) is 5.41 Å². The van der Waals surface area contributed by atoms with E-state index in [1.54, 1.807) is 0 Å². The van der Waals surface area contributed by atoms with Crippen LogP contribution in [0.25, 0.3) is 0 Å². The Morgan fingerprint density at radius 3 is 2.59 bits per heavy atom. The van der Waals surface area contributed by atoms with Gasteiger partial charge in [0.1, 0.15) is 6.61 Å². The summed E-state index contributed by atoms with van der Waals surface area (Å²) in [7, 11) is 1.51. The molecule has 0 aromatic heterocycles. The molecular weight excluding hydrogens is 220 g/mol. The average molecular weight is 244 g/mol. The molecule has 0 bridgehead atoms. The summed E-state index contributed by atoms with van der Waals surface area (Å²) in [5.41, 5.74) is 0. The van der Waals surface area contributed by atoms with Crippen LogP contribution in [-0.2, 0) is 14.3 Å². The highest BCUT2D eigenvalue weighted by Gasteiger charge is 2.02. The molecule has 0 heterocycles. The van der Waals surface area contributed by atoms with Crippen LogP contribution < -0.4 is 5.32 Å². The fraction of sp³-hybridized carbons (Fsp3) is 0.833. The minimum Gasteiger partial charge on any atom is -0.484 e. The van der Waals surface area contributed by atoms with Gasteiger partial charge in [0.25, 0.3) is 0 Å². The molecule has 0 aromatic carbocycles. The molecule has 5 heteroatoms. The summed E-state index contributed by atoms with van der Waals surface area (Å²) in [4.78, 5) is 11.2. The molecule has 0 aliphatic heterocycles. The van der Waals surface area contributed by atoms with Gasteiger partial charge in [-0.15, -0.1) is 0 Å². The molecule has 1 amide bonds. The first-order chi connectivity index (χ1) is 8.06. The van der Waals surface area contributed by atoms with Gasteiger partial charge in [0.2, 0.25) is 5.91 Å². The summed E-state index contributed by atoms with van der Waals surface area (Å²) in [6.07, 6.45) is 3.58. The van der Waals surface area contributed by atoms with Gasteiger partial charge in [0.15, 0.2) is 5.90 Å². The number of hydrogen-bond donors (Lipinski definition) is 2. The quantitative estimate of drug-likeness (QED) is 0.368. The Kier molecular flexibility index (Phi) is 9.43. The van der Waals surface area contributed by atoms with Crippen LogP contribution in [0.2, 0.25) is 0 Å². The number of nitrogens with one attached hydrogen (secondary N) is 2. The van der Waals surface area contributed by atoms with Crippen LogP contribution in [-0.4, -0.2) is 38.2 Å². The molecular formula is C12H24N2O3. The Hall–Kier alpha value is -1.10. The van der Waals surface area contributed by atoms with E-state index in [4.69, 9.17) is 14.9 Å². The number of unbranched alkanes of at least 4 members (excludes halogenated alkanes) is 2. The van der Waals surface area contributed by atoms with E-state index < -0.39 is 0 Å². The van der Waals surface area contributed by atoms with Gasteiger partial charge in [0.05, 0.1) is 13.2 Å². The molecule has 100 valence electrons. The summed E-state index contributed by atoms with van der Waals surface area (Å²) < 4.78 is 9.92. The molecule has 0 spiro atoms. The van der Waals surface area contributed by atoms with Crippen LogP contribution in [0.1, 0.15) is 39.5 Å². The molecule has 2 N–H and O–H groups in total. The van der Waals surface area contributed by atoms with Gasteiger partial charge in [-0.05, 0) is 26.7 Å². The van der Waals surface area contributed by atoms with Gasteiger partial charge in [0, 0.05) is 13.0 Å². The first-order valence-corrected chi connectivity index (χ1v) is 6.06. The van der Waals surface area contributed by atoms with Crippen LogP contribution in [0.5, 0.6) is 0 Å². The number of methoxy groups -OCH3 is 1. The molecule has 0 aliphatic rings. The highest BCUT2D eigenvalue weighted by molar-refractivity contribution is 5.77. The van der Waals surface area contributed by atoms with Crippen molar-refractivity contribution in [1.29, 1.82) is 5.41 Å². The van der Waals surface area contributed by atoms with E-state index in [0.29, 0.717) is 18.9 Å². The molecule has 0 aliphatic carbocycles. The van der Waals surface area contributed by atoms with Gasteiger partial charge in [-0.25, -0.2) is 0 Å². The largest absolute Gasteiger partial charge is 0.484 e. The third-order valence-corrected chi connectivity index (χ3v) is 2.20. The number of hydrogen-bond acceptors (Lipinski definition) is 4. The molecule has 0 radical (unpaired) electrons. The van der Waals surface area contributed by atoms with Gasteiger partial charge in [-0.2, -0.15) is 0 Å². The normalized spacial score (nSPS) is 10.4. The van der Waals surface area contributed by atoms with E-state index in [1.165, 1.54) is 7.11 Å². The van der Waals surface area contributed by atoms with Crippen molar-refractivity contribution in [3.63, 3.8) is 0 Å². The molecule has 0 fully saturated rings. The molecule has 0 aromatic rings. The molecule has 0 saturated carbocycles. The number of ether oxygens (including phenoxy) is 2. The SMILES string of the molecule is COC(=N)CCCCCNC(=O)COC(C)C. The second-order valence-corrected chi connectivity index (χ2v) is 4.15.